The highest BCUT2D eigenvalue weighted by Crippen LogP contribution is 2.33. The van der Waals surface area contributed by atoms with E-state index in [0.29, 0.717) is 36.4 Å². The smallest absolute Gasteiger partial charge is 0.243 e. The Kier molecular flexibility index (Phi) is 4.66. The van der Waals surface area contributed by atoms with Gasteiger partial charge in [-0.25, -0.2) is 4.39 Å². The molecule has 0 aromatic heterocycles. The third-order valence-electron chi connectivity index (χ3n) is 4.78. The number of carbonyl (C=O) groups is 2. The first-order chi connectivity index (χ1) is 13.1. The predicted molar refractivity (Wildman–Crippen MR) is 94.4 cm³/mol. The molecule has 1 unspecified atom stereocenters. The zero-order valence-electron chi connectivity index (χ0n) is 14.6. The van der Waals surface area contributed by atoms with Gasteiger partial charge in [0.15, 0.2) is 11.5 Å². The van der Waals surface area contributed by atoms with Crippen molar-refractivity contribution in [3.63, 3.8) is 0 Å². The molecule has 27 heavy (non-hydrogen) atoms. The lowest BCUT2D eigenvalue weighted by molar-refractivity contribution is -0.135. The average molecular weight is 370 g/mol. The van der Waals surface area contributed by atoms with Gasteiger partial charge in [-0.1, -0.05) is 18.2 Å². The first-order valence-corrected chi connectivity index (χ1v) is 8.80. The minimum absolute atomic E-state index is 0.0569. The Balaban J connectivity index is 1.42. The lowest BCUT2D eigenvalue weighted by atomic mass is 10.1. The van der Waals surface area contributed by atoms with E-state index in [-0.39, 0.29) is 31.0 Å². The number of amides is 2. The van der Waals surface area contributed by atoms with Crippen molar-refractivity contribution in [1.82, 2.24) is 10.2 Å². The second-order valence-corrected chi connectivity index (χ2v) is 6.61. The first kappa shape index (κ1) is 17.3. The summed E-state index contributed by atoms with van der Waals surface area (Å²) in [6.07, 6.45) is 0.807. The van der Waals surface area contributed by atoms with Crippen molar-refractivity contribution in [2.24, 2.45) is 0 Å². The number of carbonyl (C=O) groups excluding carboxylic acids is 2. The highest BCUT2D eigenvalue weighted by atomic mass is 19.1. The molecule has 1 fully saturated rings. The number of ether oxygens (including phenoxy) is 2. The molecular weight excluding hydrogens is 351 g/mol. The van der Waals surface area contributed by atoms with E-state index >= 15 is 0 Å². The van der Waals surface area contributed by atoms with Crippen molar-refractivity contribution < 1.29 is 23.5 Å². The maximum absolute atomic E-state index is 13.3. The second kappa shape index (κ2) is 7.26. The van der Waals surface area contributed by atoms with Crippen LogP contribution in [0.3, 0.4) is 0 Å². The molecule has 0 spiro atoms. The largest absolute Gasteiger partial charge is 0.454 e. The van der Waals surface area contributed by atoms with Gasteiger partial charge >= 0.3 is 0 Å². The van der Waals surface area contributed by atoms with E-state index in [0.717, 1.165) is 5.56 Å². The van der Waals surface area contributed by atoms with E-state index in [1.165, 1.54) is 12.1 Å². The summed E-state index contributed by atoms with van der Waals surface area (Å²) >= 11 is 0. The number of nitrogens with zero attached hydrogens (tertiary/aromatic N) is 1. The standard InChI is InChI=1S/C20H19FN2O4/c21-15-3-1-2-13(8-15)10-22-20(25)16-5-7-19(24)23(16)11-14-4-6-17-18(9-14)27-12-26-17/h1-4,6,8-9,16H,5,7,10-12H2,(H,22,25). The van der Waals surface area contributed by atoms with Gasteiger partial charge in [-0.05, 0) is 41.8 Å². The van der Waals surface area contributed by atoms with Gasteiger partial charge in [0.2, 0.25) is 18.6 Å². The zero-order chi connectivity index (χ0) is 18.8. The summed E-state index contributed by atoms with van der Waals surface area (Å²) in [5.74, 6) is 0.689. The van der Waals surface area contributed by atoms with Gasteiger partial charge in [-0.3, -0.25) is 9.59 Å². The summed E-state index contributed by atoms with van der Waals surface area (Å²) < 4.78 is 23.9. The van der Waals surface area contributed by atoms with Crippen LogP contribution < -0.4 is 14.8 Å². The summed E-state index contributed by atoms with van der Waals surface area (Å²) in [4.78, 5) is 26.5. The van der Waals surface area contributed by atoms with Gasteiger partial charge in [-0.2, -0.15) is 0 Å². The maximum Gasteiger partial charge on any atom is 0.243 e. The van der Waals surface area contributed by atoms with Crippen LogP contribution in [0.25, 0.3) is 0 Å². The molecule has 6 nitrogen and oxygen atoms in total. The van der Waals surface area contributed by atoms with Crippen molar-refractivity contribution in [3.8, 4) is 11.5 Å². The van der Waals surface area contributed by atoms with Gasteiger partial charge in [-0.15, -0.1) is 0 Å². The molecule has 0 saturated carbocycles. The molecule has 140 valence electrons. The summed E-state index contributed by atoms with van der Waals surface area (Å²) in [5.41, 5.74) is 1.55. The second-order valence-electron chi connectivity index (χ2n) is 6.61. The van der Waals surface area contributed by atoms with Crippen LogP contribution in [0.4, 0.5) is 4.39 Å². The number of hydrogen-bond donors (Lipinski definition) is 1. The van der Waals surface area contributed by atoms with Crippen LogP contribution in [0.15, 0.2) is 42.5 Å². The minimum atomic E-state index is -0.531. The molecule has 2 heterocycles. The molecule has 0 aliphatic carbocycles. The summed E-state index contributed by atoms with van der Waals surface area (Å²) in [7, 11) is 0. The lowest BCUT2D eigenvalue weighted by Gasteiger charge is -2.24. The summed E-state index contributed by atoms with van der Waals surface area (Å²) in [6, 6.07) is 11.0. The van der Waals surface area contributed by atoms with Gasteiger partial charge in [0, 0.05) is 19.5 Å². The van der Waals surface area contributed by atoms with Gasteiger partial charge in [0.25, 0.3) is 0 Å². The zero-order valence-corrected chi connectivity index (χ0v) is 14.6. The number of fused-ring (bicyclic) bond motifs is 1. The highest BCUT2D eigenvalue weighted by Gasteiger charge is 2.36. The van der Waals surface area contributed by atoms with E-state index in [9.17, 15) is 14.0 Å². The third-order valence-corrected chi connectivity index (χ3v) is 4.78. The fourth-order valence-electron chi connectivity index (χ4n) is 3.39. The Morgan fingerprint density at radius 3 is 2.85 bits per heavy atom. The van der Waals surface area contributed by atoms with Crippen molar-refractivity contribution in [2.45, 2.75) is 32.0 Å². The Bertz CT molecular complexity index is 886. The predicted octanol–water partition coefficient (Wildman–Crippen LogP) is 2.36. The topological polar surface area (TPSA) is 67.9 Å². The first-order valence-electron chi connectivity index (χ1n) is 8.80. The number of halogens is 1. The van der Waals surface area contributed by atoms with Crippen molar-refractivity contribution in [2.75, 3.05) is 6.79 Å². The number of likely N-dealkylation sites (tertiary alicyclic amines) is 1. The molecule has 4 rings (SSSR count). The maximum atomic E-state index is 13.3. The van der Waals surface area contributed by atoms with Gasteiger partial charge in [0.05, 0.1) is 0 Å². The fourth-order valence-corrected chi connectivity index (χ4v) is 3.39. The molecule has 0 radical (unpaired) electrons. The van der Waals surface area contributed by atoms with E-state index in [4.69, 9.17) is 9.47 Å². The number of rotatable bonds is 5. The Morgan fingerprint density at radius 2 is 2.00 bits per heavy atom. The normalized spacial score (nSPS) is 18.0. The quantitative estimate of drug-likeness (QED) is 0.877. The van der Waals surface area contributed by atoms with Crippen molar-refractivity contribution >= 4 is 11.8 Å². The fraction of sp³-hybridized carbons (Fsp3) is 0.300. The Hall–Kier alpha value is -3.09. The molecule has 2 aromatic carbocycles. The van der Waals surface area contributed by atoms with Gasteiger partial charge in [0.1, 0.15) is 11.9 Å². The number of nitrogens with one attached hydrogen (secondary N) is 1. The van der Waals surface area contributed by atoms with Crippen LogP contribution in [0.5, 0.6) is 11.5 Å². The molecule has 7 heteroatoms. The van der Waals surface area contributed by atoms with Crippen LogP contribution in [0, 0.1) is 5.82 Å². The molecule has 2 aliphatic heterocycles. The molecule has 1 N–H and O–H groups in total. The van der Waals surface area contributed by atoms with E-state index in [1.807, 2.05) is 12.1 Å². The SMILES string of the molecule is O=C(NCc1cccc(F)c1)C1CCC(=O)N1Cc1ccc2c(c1)OCO2. The Labute approximate surface area is 155 Å². The number of hydrogen-bond acceptors (Lipinski definition) is 4. The molecule has 2 aromatic rings. The van der Waals surface area contributed by atoms with E-state index in [1.54, 1.807) is 23.1 Å². The summed E-state index contributed by atoms with van der Waals surface area (Å²) in [6.45, 7) is 0.735. The van der Waals surface area contributed by atoms with Crippen LogP contribution in [0.1, 0.15) is 24.0 Å². The third kappa shape index (κ3) is 3.72. The van der Waals surface area contributed by atoms with E-state index < -0.39 is 6.04 Å². The monoisotopic (exact) mass is 370 g/mol. The summed E-state index contributed by atoms with van der Waals surface area (Å²) in [5, 5.41) is 2.80. The van der Waals surface area contributed by atoms with Crippen molar-refractivity contribution in [3.05, 3.63) is 59.4 Å². The van der Waals surface area contributed by atoms with Crippen LogP contribution in [-0.2, 0) is 22.7 Å². The Morgan fingerprint density at radius 1 is 1.15 bits per heavy atom. The molecular formula is C20H19FN2O4. The lowest BCUT2D eigenvalue weighted by Crippen LogP contribution is -2.44. The van der Waals surface area contributed by atoms with Crippen LogP contribution >= 0.6 is 0 Å². The average Bonchev–Trinajstić information content (AvgIpc) is 3.27. The molecule has 0 bridgehead atoms. The van der Waals surface area contributed by atoms with Crippen LogP contribution in [-0.4, -0.2) is 29.5 Å². The van der Waals surface area contributed by atoms with E-state index in [2.05, 4.69) is 5.32 Å². The van der Waals surface area contributed by atoms with Crippen LogP contribution in [0.2, 0.25) is 0 Å². The molecule has 1 saturated heterocycles. The molecule has 2 amide bonds. The van der Waals surface area contributed by atoms with Gasteiger partial charge < -0.3 is 19.7 Å². The number of benzene rings is 2. The minimum Gasteiger partial charge on any atom is -0.454 e. The molecule has 1 atom stereocenters. The molecule has 2 aliphatic rings. The van der Waals surface area contributed by atoms with Crippen molar-refractivity contribution in [1.29, 1.82) is 0 Å². The highest BCUT2D eigenvalue weighted by molar-refractivity contribution is 5.90.